The minimum atomic E-state index is -0.982. The third-order valence-electron chi connectivity index (χ3n) is 4.76. The summed E-state index contributed by atoms with van der Waals surface area (Å²) in [5.74, 6) is -1.13. The SMILES string of the molecule is CCCCCCCCCCCCCCCCCC(=O)N[C@@H](C)C(=O)O.[H-].[Na+]. The molecule has 0 bridgehead atoms. The first-order chi connectivity index (χ1) is 12.1. The summed E-state index contributed by atoms with van der Waals surface area (Å²) in [6.07, 6.45) is 20.0. The number of amides is 1. The van der Waals surface area contributed by atoms with Crippen LogP contribution in [0.25, 0.3) is 0 Å². The molecule has 0 rings (SSSR count). The Labute approximate surface area is 185 Å². The Kier molecular flexibility index (Phi) is 23.0. The van der Waals surface area contributed by atoms with Crippen molar-refractivity contribution in [1.29, 1.82) is 0 Å². The van der Waals surface area contributed by atoms with Gasteiger partial charge in [0.15, 0.2) is 0 Å². The number of carboxylic acid groups (broad SMARTS) is 1. The second-order valence-electron chi connectivity index (χ2n) is 7.33. The van der Waals surface area contributed by atoms with E-state index in [1.54, 1.807) is 0 Å². The fourth-order valence-electron chi connectivity index (χ4n) is 3.03. The molecule has 0 aromatic rings. The smallest absolute Gasteiger partial charge is 1.00 e. The van der Waals surface area contributed by atoms with Crippen LogP contribution in [0, 0.1) is 0 Å². The Morgan fingerprint density at radius 3 is 1.46 bits per heavy atom. The van der Waals surface area contributed by atoms with E-state index < -0.39 is 12.0 Å². The van der Waals surface area contributed by atoms with Crippen LogP contribution in [0.5, 0.6) is 0 Å². The van der Waals surface area contributed by atoms with Crippen LogP contribution in [-0.2, 0) is 9.59 Å². The standard InChI is InChI=1S/C21H41NO3.Na.H/c1-3-4-5-6-7-8-9-10-11-12-13-14-15-16-17-18-20(23)22-19(2)21(24)25;;/h19H,3-18H2,1-2H3,(H,22,23)(H,24,25);;/q;+1;-1/t19-;;/m0../s1. The molecule has 1 amide bonds. The number of aliphatic carboxylic acids is 1. The van der Waals surface area contributed by atoms with Crippen LogP contribution in [0.15, 0.2) is 0 Å². The molecule has 0 saturated carbocycles. The van der Waals surface area contributed by atoms with Gasteiger partial charge in [0.25, 0.3) is 0 Å². The zero-order valence-corrected chi connectivity index (χ0v) is 19.7. The van der Waals surface area contributed by atoms with Crippen molar-refractivity contribution < 1.29 is 45.7 Å². The van der Waals surface area contributed by atoms with Crippen molar-refractivity contribution in [3.63, 3.8) is 0 Å². The maximum absolute atomic E-state index is 11.5. The van der Waals surface area contributed by atoms with E-state index in [2.05, 4.69) is 12.2 Å². The second kappa shape index (κ2) is 21.2. The molecule has 0 unspecified atom stereocenters. The van der Waals surface area contributed by atoms with Gasteiger partial charge in [0, 0.05) is 6.42 Å². The first-order valence-electron chi connectivity index (χ1n) is 10.6. The Balaban J connectivity index is -0.00000288. The molecule has 5 heteroatoms. The van der Waals surface area contributed by atoms with Gasteiger partial charge in [-0.3, -0.25) is 9.59 Å². The number of hydrogen-bond acceptors (Lipinski definition) is 2. The summed E-state index contributed by atoms with van der Waals surface area (Å²) in [5, 5.41) is 11.2. The van der Waals surface area contributed by atoms with Crippen molar-refractivity contribution in [2.24, 2.45) is 0 Å². The molecule has 0 aromatic carbocycles. The zero-order chi connectivity index (χ0) is 18.8. The molecular weight excluding hydrogens is 337 g/mol. The van der Waals surface area contributed by atoms with Crippen LogP contribution in [-0.4, -0.2) is 23.0 Å². The Morgan fingerprint density at radius 2 is 1.12 bits per heavy atom. The molecule has 4 nitrogen and oxygen atoms in total. The third-order valence-corrected chi connectivity index (χ3v) is 4.76. The number of rotatable bonds is 18. The van der Waals surface area contributed by atoms with Crippen molar-refractivity contribution in [3.8, 4) is 0 Å². The van der Waals surface area contributed by atoms with Crippen LogP contribution < -0.4 is 34.9 Å². The Morgan fingerprint density at radius 1 is 0.769 bits per heavy atom. The fraction of sp³-hybridized carbons (Fsp3) is 0.905. The number of nitrogens with one attached hydrogen (secondary N) is 1. The van der Waals surface area contributed by atoms with Gasteiger partial charge in [-0.1, -0.05) is 96.8 Å². The summed E-state index contributed by atoms with van der Waals surface area (Å²) in [6.45, 7) is 3.76. The normalized spacial score (nSPS) is 11.6. The van der Waals surface area contributed by atoms with E-state index in [0.29, 0.717) is 6.42 Å². The van der Waals surface area contributed by atoms with E-state index in [0.717, 1.165) is 12.8 Å². The monoisotopic (exact) mass is 379 g/mol. The number of hydrogen-bond donors (Lipinski definition) is 2. The Bertz CT molecular complexity index is 343. The third kappa shape index (κ3) is 20.3. The summed E-state index contributed by atoms with van der Waals surface area (Å²) in [6, 6.07) is -0.788. The summed E-state index contributed by atoms with van der Waals surface area (Å²) in [5.41, 5.74) is 0. The molecule has 0 saturated heterocycles. The number of carbonyl (C=O) groups excluding carboxylic acids is 1. The van der Waals surface area contributed by atoms with Crippen LogP contribution in [0.3, 0.4) is 0 Å². The van der Waals surface area contributed by atoms with Crippen molar-refractivity contribution in [2.75, 3.05) is 0 Å². The van der Waals surface area contributed by atoms with Gasteiger partial charge in [-0.15, -0.1) is 0 Å². The topological polar surface area (TPSA) is 66.4 Å². The second-order valence-corrected chi connectivity index (χ2v) is 7.33. The number of carboxylic acids is 1. The van der Waals surface area contributed by atoms with Gasteiger partial charge in [-0.05, 0) is 13.3 Å². The number of carbonyl (C=O) groups is 2. The molecule has 1 atom stereocenters. The molecule has 26 heavy (non-hydrogen) atoms. The van der Waals surface area contributed by atoms with E-state index in [-0.39, 0.29) is 36.9 Å². The molecule has 0 aliphatic rings. The molecule has 150 valence electrons. The first kappa shape index (κ1) is 28.2. The molecule has 0 heterocycles. The Hall–Kier alpha value is -0.0600. The molecule has 0 radical (unpaired) electrons. The predicted molar refractivity (Wildman–Crippen MR) is 106 cm³/mol. The van der Waals surface area contributed by atoms with E-state index in [1.807, 2.05) is 0 Å². The quantitative estimate of drug-likeness (QED) is 0.284. The van der Waals surface area contributed by atoms with E-state index >= 15 is 0 Å². The van der Waals surface area contributed by atoms with Crippen LogP contribution >= 0.6 is 0 Å². The van der Waals surface area contributed by atoms with Crippen molar-refractivity contribution >= 4 is 11.9 Å². The van der Waals surface area contributed by atoms with E-state index in [1.165, 1.54) is 90.4 Å². The van der Waals surface area contributed by atoms with Gasteiger partial charge in [-0.25, -0.2) is 0 Å². The first-order valence-corrected chi connectivity index (χ1v) is 10.6. The minimum absolute atomic E-state index is 0. The molecule has 2 N–H and O–H groups in total. The van der Waals surface area contributed by atoms with Crippen LogP contribution in [0.4, 0.5) is 0 Å². The molecular formula is C21H42NNaO3. The molecule has 0 aliphatic carbocycles. The van der Waals surface area contributed by atoms with Gasteiger partial charge in [0.05, 0.1) is 0 Å². The van der Waals surface area contributed by atoms with Crippen LogP contribution in [0.2, 0.25) is 0 Å². The van der Waals surface area contributed by atoms with Gasteiger partial charge >= 0.3 is 35.5 Å². The van der Waals surface area contributed by atoms with E-state index in [4.69, 9.17) is 5.11 Å². The zero-order valence-electron chi connectivity index (χ0n) is 18.7. The van der Waals surface area contributed by atoms with Crippen molar-refractivity contribution in [3.05, 3.63) is 0 Å². The van der Waals surface area contributed by atoms with Gasteiger partial charge in [0.2, 0.25) is 5.91 Å². The average molecular weight is 380 g/mol. The van der Waals surface area contributed by atoms with Gasteiger partial charge in [0.1, 0.15) is 6.04 Å². The van der Waals surface area contributed by atoms with Crippen molar-refractivity contribution in [2.45, 2.75) is 123 Å². The largest absolute Gasteiger partial charge is 1.00 e. The summed E-state index contributed by atoms with van der Waals surface area (Å²) in [4.78, 5) is 22.2. The molecule has 0 aliphatic heterocycles. The fourth-order valence-corrected chi connectivity index (χ4v) is 3.03. The maximum atomic E-state index is 11.5. The molecule has 0 spiro atoms. The summed E-state index contributed by atoms with van der Waals surface area (Å²) >= 11 is 0. The molecule has 0 aromatic heterocycles. The average Bonchev–Trinajstić information content (AvgIpc) is 2.58. The van der Waals surface area contributed by atoms with Gasteiger partial charge in [-0.2, -0.15) is 0 Å². The maximum Gasteiger partial charge on any atom is 1.00 e. The van der Waals surface area contributed by atoms with Gasteiger partial charge < -0.3 is 11.8 Å². The number of unbranched alkanes of at least 4 members (excludes halogenated alkanes) is 14. The molecule has 0 fully saturated rings. The predicted octanol–water partition coefficient (Wildman–Crippen LogP) is 2.95. The summed E-state index contributed by atoms with van der Waals surface area (Å²) in [7, 11) is 0. The summed E-state index contributed by atoms with van der Waals surface area (Å²) < 4.78 is 0. The van der Waals surface area contributed by atoms with Crippen LogP contribution in [0.1, 0.15) is 118 Å². The minimum Gasteiger partial charge on any atom is -1.00 e. The van der Waals surface area contributed by atoms with Crippen molar-refractivity contribution in [1.82, 2.24) is 5.32 Å². The van der Waals surface area contributed by atoms with E-state index in [9.17, 15) is 9.59 Å².